The van der Waals surface area contributed by atoms with Crippen molar-refractivity contribution in [1.29, 1.82) is 5.26 Å². The molecule has 33 heavy (non-hydrogen) atoms. The number of aliphatic hydroxyl groups is 1. The number of benzene rings is 2. The van der Waals surface area contributed by atoms with E-state index >= 15 is 0 Å². The number of hydrogen-bond acceptors (Lipinski definition) is 8. The van der Waals surface area contributed by atoms with Crippen LogP contribution in [0.25, 0.3) is 22.8 Å². The zero-order chi connectivity index (χ0) is 23.1. The fourth-order valence-electron chi connectivity index (χ4n) is 4.51. The number of fused-ring (bicyclic) bond motifs is 3. The number of nitriles is 1. The standard InChI is InChI=1S/C24H22N4O5/c1-13(2)31-19-7-6-14(10-15(19)12-25)23-26-22(27-33-23)17-5-3-4-16-18(17)11-20-21(16)28(8-9-29)24(30)32-20/h3-7,10,13,20-21,29H,8-9,11H2,1-2H3/t20-,21+/m1/s1. The summed E-state index contributed by atoms with van der Waals surface area (Å²) < 4.78 is 16.7. The van der Waals surface area contributed by atoms with Gasteiger partial charge in [-0.25, -0.2) is 4.79 Å². The maximum absolute atomic E-state index is 12.2. The Bertz CT molecular complexity index is 1260. The number of ether oxygens (including phenoxy) is 2. The smallest absolute Gasteiger partial charge is 0.410 e. The van der Waals surface area contributed by atoms with Crippen molar-refractivity contribution in [3.8, 4) is 34.7 Å². The molecule has 1 aliphatic heterocycles. The van der Waals surface area contributed by atoms with Gasteiger partial charge in [0.05, 0.1) is 24.3 Å². The van der Waals surface area contributed by atoms with Crippen LogP contribution in [0.15, 0.2) is 40.9 Å². The lowest BCUT2D eigenvalue weighted by molar-refractivity contribution is 0.130. The van der Waals surface area contributed by atoms with Gasteiger partial charge in [0, 0.05) is 24.1 Å². The Morgan fingerprint density at radius 2 is 2.18 bits per heavy atom. The Kier molecular flexibility index (Phi) is 5.23. The number of hydrogen-bond donors (Lipinski definition) is 1. The van der Waals surface area contributed by atoms with Gasteiger partial charge in [0.2, 0.25) is 5.82 Å². The van der Waals surface area contributed by atoms with Crippen molar-refractivity contribution in [1.82, 2.24) is 15.0 Å². The zero-order valence-corrected chi connectivity index (χ0v) is 18.2. The number of rotatable bonds is 6. The molecule has 168 valence electrons. The monoisotopic (exact) mass is 446 g/mol. The van der Waals surface area contributed by atoms with E-state index in [0.29, 0.717) is 35.0 Å². The zero-order valence-electron chi connectivity index (χ0n) is 18.2. The minimum Gasteiger partial charge on any atom is -0.490 e. The molecule has 3 aromatic rings. The lowest BCUT2D eigenvalue weighted by Crippen LogP contribution is -2.30. The molecule has 1 aromatic heterocycles. The number of β-amino-alcohol motifs (C(OH)–C–C–N with tert-alkyl or cyclic N) is 1. The normalized spacial score (nSPS) is 18.8. The van der Waals surface area contributed by atoms with Gasteiger partial charge in [-0.3, -0.25) is 4.90 Å². The molecule has 5 rings (SSSR count). The quantitative estimate of drug-likeness (QED) is 0.611. The lowest BCUT2D eigenvalue weighted by atomic mass is 10.0. The molecule has 2 aromatic carbocycles. The molecule has 9 nitrogen and oxygen atoms in total. The number of aromatic nitrogens is 2. The van der Waals surface area contributed by atoms with E-state index in [4.69, 9.17) is 14.0 Å². The van der Waals surface area contributed by atoms with Crippen LogP contribution >= 0.6 is 0 Å². The summed E-state index contributed by atoms with van der Waals surface area (Å²) in [5.74, 6) is 1.22. The Balaban J connectivity index is 1.48. The van der Waals surface area contributed by atoms with E-state index in [9.17, 15) is 15.2 Å². The minimum absolute atomic E-state index is 0.0507. The predicted octanol–water partition coefficient (Wildman–Crippen LogP) is 3.47. The first-order valence-corrected chi connectivity index (χ1v) is 10.7. The van der Waals surface area contributed by atoms with E-state index in [1.165, 1.54) is 0 Å². The topological polar surface area (TPSA) is 122 Å². The fourth-order valence-corrected chi connectivity index (χ4v) is 4.51. The molecule has 0 bridgehead atoms. The fraction of sp³-hybridized carbons (Fsp3) is 0.333. The number of carbonyl (C=O) groups excluding carboxylic acids is 1. The molecule has 2 heterocycles. The second-order valence-corrected chi connectivity index (χ2v) is 8.27. The van der Waals surface area contributed by atoms with Crippen LogP contribution in [0.3, 0.4) is 0 Å². The van der Waals surface area contributed by atoms with Crippen LogP contribution in [0.2, 0.25) is 0 Å². The first-order chi connectivity index (χ1) is 16.0. The molecular weight excluding hydrogens is 424 g/mol. The van der Waals surface area contributed by atoms with Crippen molar-refractivity contribution in [3.05, 3.63) is 53.1 Å². The number of aliphatic hydroxyl groups excluding tert-OH is 1. The first kappa shape index (κ1) is 21.0. The maximum atomic E-state index is 12.2. The Hall–Kier alpha value is -3.90. The molecule has 2 aliphatic rings. The summed E-state index contributed by atoms with van der Waals surface area (Å²) in [6.45, 7) is 3.88. The van der Waals surface area contributed by atoms with Gasteiger partial charge < -0.3 is 19.1 Å². The largest absolute Gasteiger partial charge is 0.490 e. The van der Waals surface area contributed by atoms with Crippen molar-refractivity contribution in [2.75, 3.05) is 13.2 Å². The average molecular weight is 446 g/mol. The van der Waals surface area contributed by atoms with Gasteiger partial charge in [-0.2, -0.15) is 10.2 Å². The molecule has 1 N–H and O–H groups in total. The third-order valence-electron chi connectivity index (χ3n) is 5.83. The van der Waals surface area contributed by atoms with E-state index in [1.807, 2.05) is 32.0 Å². The Labute approximate surface area is 190 Å². The summed E-state index contributed by atoms with van der Waals surface area (Å²) in [4.78, 5) is 18.3. The molecule has 2 atom stereocenters. The van der Waals surface area contributed by atoms with Crippen LogP contribution < -0.4 is 4.74 Å². The van der Waals surface area contributed by atoms with Crippen molar-refractivity contribution >= 4 is 6.09 Å². The third-order valence-corrected chi connectivity index (χ3v) is 5.83. The molecule has 0 unspecified atom stereocenters. The average Bonchev–Trinajstić information content (AvgIpc) is 3.49. The molecule has 0 spiro atoms. The molecule has 1 fully saturated rings. The molecule has 0 radical (unpaired) electrons. The number of amides is 1. The SMILES string of the molecule is CC(C)Oc1ccc(-c2nc(-c3cccc4c3C[C@H]3OC(=O)N(CCO)[C@@H]43)no2)cc1C#N. The third kappa shape index (κ3) is 3.58. The van der Waals surface area contributed by atoms with Crippen molar-refractivity contribution in [3.63, 3.8) is 0 Å². The molecule has 0 saturated carbocycles. The summed E-state index contributed by atoms with van der Waals surface area (Å²) in [6.07, 6.45) is -0.230. The van der Waals surface area contributed by atoms with Crippen molar-refractivity contribution in [2.24, 2.45) is 0 Å². The second-order valence-electron chi connectivity index (χ2n) is 8.27. The van der Waals surface area contributed by atoms with Crippen LogP contribution in [0.4, 0.5) is 4.79 Å². The van der Waals surface area contributed by atoms with Crippen molar-refractivity contribution < 1.29 is 23.9 Å². The van der Waals surface area contributed by atoms with E-state index in [-0.39, 0.29) is 31.4 Å². The molecule has 1 aliphatic carbocycles. The highest BCUT2D eigenvalue weighted by molar-refractivity contribution is 5.74. The van der Waals surface area contributed by atoms with Gasteiger partial charge in [-0.05, 0) is 43.2 Å². The van der Waals surface area contributed by atoms with Crippen LogP contribution in [-0.2, 0) is 11.2 Å². The molecule has 9 heteroatoms. The Morgan fingerprint density at radius 3 is 2.94 bits per heavy atom. The summed E-state index contributed by atoms with van der Waals surface area (Å²) in [5, 5.41) is 23.0. The van der Waals surface area contributed by atoms with Crippen molar-refractivity contribution in [2.45, 2.75) is 38.5 Å². The minimum atomic E-state index is -0.407. The summed E-state index contributed by atoms with van der Waals surface area (Å²) >= 11 is 0. The van der Waals surface area contributed by atoms with Crippen LogP contribution in [0.1, 0.15) is 36.6 Å². The molecule has 1 saturated heterocycles. The number of nitrogens with zero attached hydrogens (tertiary/aromatic N) is 4. The van der Waals surface area contributed by atoms with Gasteiger partial charge in [0.1, 0.15) is 17.9 Å². The van der Waals surface area contributed by atoms with E-state index in [2.05, 4.69) is 16.2 Å². The van der Waals surface area contributed by atoms with E-state index < -0.39 is 6.09 Å². The van der Waals surface area contributed by atoms with Gasteiger partial charge >= 0.3 is 6.09 Å². The molecule has 1 amide bonds. The Morgan fingerprint density at radius 1 is 1.33 bits per heavy atom. The van der Waals surface area contributed by atoms with Crippen LogP contribution in [-0.4, -0.2) is 51.6 Å². The van der Waals surface area contributed by atoms with E-state index in [1.54, 1.807) is 23.1 Å². The second kappa shape index (κ2) is 8.22. The summed E-state index contributed by atoms with van der Waals surface area (Å²) in [7, 11) is 0. The van der Waals surface area contributed by atoms with E-state index in [0.717, 1.165) is 16.7 Å². The molecular formula is C24H22N4O5. The predicted molar refractivity (Wildman–Crippen MR) is 116 cm³/mol. The highest BCUT2D eigenvalue weighted by Gasteiger charge is 2.48. The van der Waals surface area contributed by atoms with Gasteiger partial charge in [0.25, 0.3) is 5.89 Å². The first-order valence-electron chi connectivity index (χ1n) is 10.7. The van der Waals surface area contributed by atoms with Gasteiger partial charge in [-0.1, -0.05) is 23.4 Å². The van der Waals surface area contributed by atoms with Crippen LogP contribution in [0.5, 0.6) is 5.75 Å². The summed E-state index contributed by atoms with van der Waals surface area (Å²) in [5.41, 5.74) is 3.77. The summed E-state index contributed by atoms with van der Waals surface area (Å²) in [6, 6.07) is 12.8. The van der Waals surface area contributed by atoms with Crippen LogP contribution in [0, 0.1) is 11.3 Å². The van der Waals surface area contributed by atoms with Gasteiger partial charge in [0.15, 0.2) is 0 Å². The highest BCUT2D eigenvalue weighted by Crippen LogP contribution is 2.45. The number of carbonyl (C=O) groups is 1. The lowest BCUT2D eigenvalue weighted by Gasteiger charge is -2.20. The maximum Gasteiger partial charge on any atom is 0.410 e. The van der Waals surface area contributed by atoms with Gasteiger partial charge in [-0.15, -0.1) is 0 Å². The highest BCUT2D eigenvalue weighted by atomic mass is 16.6.